The van der Waals surface area contributed by atoms with Crippen molar-refractivity contribution in [2.75, 3.05) is 0 Å². The number of carbonyl (C=O) groups is 1. The lowest BCUT2D eigenvalue weighted by molar-refractivity contribution is 0.0696. The second-order valence-electron chi connectivity index (χ2n) is 4.00. The van der Waals surface area contributed by atoms with E-state index in [0.29, 0.717) is 10.2 Å². The van der Waals surface area contributed by atoms with Gasteiger partial charge in [-0.3, -0.25) is 0 Å². The first-order chi connectivity index (χ1) is 9.72. The molecule has 0 aliphatic rings. The summed E-state index contributed by atoms with van der Waals surface area (Å²) in [6.07, 6.45) is 3.09. The molecule has 3 aromatic rings. The predicted molar refractivity (Wildman–Crippen MR) is 74.9 cm³/mol. The van der Waals surface area contributed by atoms with Gasteiger partial charge in [-0.2, -0.15) is 0 Å². The van der Waals surface area contributed by atoms with Gasteiger partial charge in [0.2, 0.25) is 0 Å². The summed E-state index contributed by atoms with van der Waals surface area (Å²) in [5.74, 6) is -0.990. The fourth-order valence-electron chi connectivity index (χ4n) is 1.67. The maximum absolute atomic E-state index is 10.7. The van der Waals surface area contributed by atoms with Crippen LogP contribution in [0.2, 0.25) is 0 Å². The number of pyridine rings is 1. The number of aromatic carboxylic acids is 1. The highest BCUT2D eigenvalue weighted by Gasteiger charge is 2.06. The van der Waals surface area contributed by atoms with Gasteiger partial charge < -0.3 is 5.11 Å². The topological polar surface area (TPSA) is 76.0 Å². The van der Waals surface area contributed by atoms with Crippen LogP contribution in [0.3, 0.4) is 0 Å². The molecule has 0 saturated carbocycles. The lowest BCUT2D eigenvalue weighted by Crippen LogP contribution is -1.97. The smallest absolute Gasteiger partial charge is 0.337 e. The molecule has 0 aliphatic heterocycles. The minimum atomic E-state index is -0.990. The Hall–Kier alpha value is -2.47. The molecule has 0 amide bonds. The monoisotopic (exact) mass is 283 g/mol. The van der Waals surface area contributed by atoms with Crippen molar-refractivity contribution in [1.29, 1.82) is 0 Å². The van der Waals surface area contributed by atoms with E-state index in [2.05, 4.69) is 15.0 Å². The molecular formula is C14H9N3O2S. The molecule has 5 nitrogen and oxygen atoms in total. The van der Waals surface area contributed by atoms with Crippen molar-refractivity contribution in [3.05, 3.63) is 54.4 Å². The molecule has 0 aliphatic carbocycles. The Morgan fingerprint density at radius 2 is 1.90 bits per heavy atom. The second kappa shape index (κ2) is 5.26. The SMILES string of the molecule is O=C(O)c1ccc(Sc2ncc3ccccc3n2)nc1. The fourth-order valence-corrected chi connectivity index (χ4v) is 2.34. The summed E-state index contributed by atoms with van der Waals surface area (Å²) in [5.41, 5.74) is 1.03. The summed E-state index contributed by atoms with van der Waals surface area (Å²) in [5, 5.41) is 11.0. The highest BCUT2D eigenvalue weighted by atomic mass is 32.2. The van der Waals surface area contributed by atoms with E-state index in [4.69, 9.17) is 5.11 Å². The van der Waals surface area contributed by atoms with E-state index in [-0.39, 0.29) is 5.56 Å². The Morgan fingerprint density at radius 1 is 1.05 bits per heavy atom. The largest absolute Gasteiger partial charge is 0.478 e. The third kappa shape index (κ3) is 2.60. The van der Waals surface area contributed by atoms with E-state index < -0.39 is 5.97 Å². The lowest BCUT2D eigenvalue weighted by atomic mass is 10.2. The number of carboxylic acid groups (broad SMARTS) is 1. The molecule has 1 N–H and O–H groups in total. The third-order valence-electron chi connectivity index (χ3n) is 2.65. The number of aromatic nitrogens is 3. The van der Waals surface area contributed by atoms with Crippen molar-refractivity contribution in [2.24, 2.45) is 0 Å². The second-order valence-corrected chi connectivity index (χ2v) is 4.99. The molecule has 20 heavy (non-hydrogen) atoms. The Bertz CT molecular complexity index is 775. The Morgan fingerprint density at radius 3 is 2.65 bits per heavy atom. The number of hydrogen-bond donors (Lipinski definition) is 1. The highest BCUT2D eigenvalue weighted by Crippen LogP contribution is 2.24. The number of nitrogens with zero attached hydrogens (tertiary/aromatic N) is 3. The van der Waals surface area contributed by atoms with Gasteiger partial charge in [0.25, 0.3) is 0 Å². The molecule has 0 radical (unpaired) electrons. The highest BCUT2D eigenvalue weighted by molar-refractivity contribution is 7.99. The van der Waals surface area contributed by atoms with Gasteiger partial charge in [-0.05, 0) is 30.0 Å². The van der Waals surface area contributed by atoms with E-state index in [1.165, 1.54) is 24.0 Å². The van der Waals surface area contributed by atoms with Gasteiger partial charge in [0.05, 0.1) is 11.1 Å². The molecule has 98 valence electrons. The van der Waals surface area contributed by atoms with E-state index in [9.17, 15) is 4.79 Å². The van der Waals surface area contributed by atoms with Crippen LogP contribution in [-0.4, -0.2) is 26.0 Å². The molecule has 0 unspecified atom stereocenters. The minimum absolute atomic E-state index is 0.161. The number of hydrogen-bond acceptors (Lipinski definition) is 5. The molecule has 2 heterocycles. The summed E-state index contributed by atoms with van der Waals surface area (Å²) in [4.78, 5) is 23.5. The van der Waals surface area contributed by atoms with Crippen molar-refractivity contribution < 1.29 is 9.90 Å². The first-order valence-corrected chi connectivity index (χ1v) is 6.63. The van der Waals surface area contributed by atoms with Crippen LogP contribution in [0.5, 0.6) is 0 Å². The Kier molecular flexibility index (Phi) is 3.30. The van der Waals surface area contributed by atoms with Crippen LogP contribution in [0.15, 0.2) is 59.0 Å². The number of carboxylic acids is 1. The number of fused-ring (bicyclic) bond motifs is 1. The number of benzene rings is 1. The zero-order valence-corrected chi connectivity index (χ0v) is 11.0. The van der Waals surface area contributed by atoms with Gasteiger partial charge in [0.15, 0.2) is 5.16 Å². The van der Waals surface area contributed by atoms with Gasteiger partial charge in [0.1, 0.15) is 5.03 Å². The molecular weight excluding hydrogens is 274 g/mol. The van der Waals surface area contributed by atoms with Crippen molar-refractivity contribution in [3.63, 3.8) is 0 Å². The molecule has 0 saturated heterocycles. The standard InChI is InChI=1S/C14H9N3O2S/c18-13(19)10-5-6-12(15-8-10)20-14-16-7-9-3-1-2-4-11(9)17-14/h1-8H,(H,18,19). The van der Waals surface area contributed by atoms with Gasteiger partial charge in [-0.1, -0.05) is 18.2 Å². The minimum Gasteiger partial charge on any atom is -0.478 e. The first-order valence-electron chi connectivity index (χ1n) is 5.81. The number of para-hydroxylation sites is 1. The van der Waals surface area contributed by atoms with Crippen molar-refractivity contribution in [3.8, 4) is 0 Å². The third-order valence-corrected chi connectivity index (χ3v) is 3.48. The van der Waals surface area contributed by atoms with Crippen LogP contribution in [0.25, 0.3) is 10.9 Å². The molecule has 0 fully saturated rings. The maximum atomic E-state index is 10.7. The van der Waals surface area contributed by atoms with Crippen LogP contribution in [0.1, 0.15) is 10.4 Å². The summed E-state index contributed by atoms with van der Waals surface area (Å²) in [6, 6.07) is 10.9. The van der Waals surface area contributed by atoms with Crippen LogP contribution >= 0.6 is 11.8 Å². The Balaban J connectivity index is 1.87. The van der Waals surface area contributed by atoms with Crippen LogP contribution in [0, 0.1) is 0 Å². The molecule has 6 heteroatoms. The number of rotatable bonds is 3. The van der Waals surface area contributed by atoms with E-state index in [1.807, 2.05) is 24.3 Å². The Labute approximate surface area is 118 Å². The summed E-state index contributed by atoms with van der Waals surface area (Å²) in [7, 11) is 0. The average Bonchev–Trinajstić information content (AvgIpc) is 2.48. The summed E-state index contributed by atoms with van der Waals surface area (Å²) in [6.45, 7) is 0. The van der Waals surface area contributed by atoms with Crippen LogP contribution in [-0.2, 0) is 0 Å². The maximum Gasteiger partial charge on any atom is 0.337 e. The fraction of sp³-hybridized carbons (Fsp3) is 0. The van der Waals surface area contributed by atoms with Gasteiger partial charge in [-0.25, -0.2) is 19.7 Å². The molecule has 1 aromatic carbocycles. The van der Waals surface area contributed by atoms with E-state index in [0.717, 1.165) is 10.9 Å². The van der Waals surface area contributed by atoms with Crippen LogP contribution < -0.4 is 0 Å². The van der Waals surface area contributed by atoms with Crippen molar-refractivity contribution in [2.45, 2.75) is 10.2 Å². The summed E-state index contributed by atoms with van der Waals surface area (Å²) >= 11 is 1.30. The van der Waals surface area contributed by atoms with Gasteiger partial charge in [-0.15, -0.1) is 0 Å². The van der Waals surface area contributed by atoms with E-state index in [1.54, 1.807) is 12.3 Å². The van der Waals surface area contributed by atoms with Crippen molar-refractivity contribution in [1.82, 2.24) is 15.0 Å². The first kappa shape index (κ1) is 12.6. The average molecular weight is 283 g/mol. The zero-order chi connectivity index (χ0) is 13.9. The quantitative estimate of drug-likeness (QED) is 0.745. The lowest BCUT2D eigenvalue weighted by Gasteiger charge is -2.01. The molecule has 3 rings (SSSR count). The molecule has 2 aromatic heterocycles. The van der Waals surface area contributed by atoms with E-state index >= 15 is 0 Å². The zero-order valence-electron chi connectivity index (χ0n) is 10.2. The molecule has 0 spiro atoms. The van der Waals surface area contributed by atoms with Crippen molar-refractivity contribution >= 4 is 28.6 Å². The normalized spacial score (nSPS) is 10.6. The van der Waals surface area contributed by atoms with Gasteiger partial charge >= 0.3 is 5.97 Å². The molecule has 0 atom stereocenters. The summed E-state index contributed by atoms with van der Waals surface area (Å²) < 4.78 is 0. The van der Waals surface area contributed by atoms with Gasteiger partial charge in [0, 0.05) is 17.8 Å². The van der Waals surface area contributed by atoms with Crippen LogP contribution in [0.4, 0.5) is 0 Å². The molecule has 0 bridgehead atoms. The predicted octanol–water partition coefficient (Wildman–Crippen LogP) is 2.87.